The molecule has 1 atom stereocenters. The van der Waals surface area contributed by atoms with Gasteiger partial charge >= 0.3 is 11.6 Å². The molecule has 4 rings (SSSR count). The van der Waals surface area contributed by atoms with E-state index in [0.717, 1.165) is 22.9 Å². The quantitative estimate of drug-likeness (QED) is 0.254. The number of rotatable bonds is 7. The molecule has 2 aromatic carbocycles. The van der Waals surface area contributed by atoms with E-state index in [9.17, 15) is 14.4 Å². The van der Waals surface area contributed by atoms with Crippen molar-refractivity contribution in [1.29, 1.82) is 0 Å². The van der Waals surface area contributed by atoms with Crippen LogP contribution in [-0.4, -0.2) is 37.7 Å². The lowest BCUT2D eigenvalue weighted by Crippen LogP contribution is -2.34. The van der Waals surface area contributed by atoms with Gasteiger partial charge in [0.05, 0.1) is 6.10 Å². The van der Waals surface area contributed by atoms with Gasteiger partial charge in [0.1, 0.15) is 22.6 Å². The number of hydrogen-bond donors (Lipinski definition) is 1. The van der Waals surface area contributed by atoms with E-state index in [1.807, 2.05) is 12.1 Å². The normalized spacial score (nSPS) is 15.6. The summed E-state index contributed by atoms with van der Waals surface area (Å²) < 4.78 is 22.8. The topological polar surface area (TPSA) is 104 Å². The third-order valence-corrected chi connectivity index (χ3v) is 6.29. The lowest BCUT2D eigenvalue weighted by atomic mass is 9.86. The molecule has 1 aliphatic heterocycles. The van der Waals surface area contributed by atoms with E-state index in [0.29, 0.717) is 24.3 Å². The van der Waals surface area contributed by atoms with Crippen molar-refractivity contribution in [2.24, 2.45) is 0 Å². The highest BCUT2D eigenvalue weighted by molar-refractivity contribution is 9.10. The van der Waals surface area contributed by atoms with Crippen LogP contribution in [0.3, 0.4) is 0 Å². The van der Waals surface area contributed by atoms with Crippen LogP contribution in [0, 0.1) is 0 Å². The maximum Gasteiger partial charge on any atom is 0.349 e. The Labute approximate surface area is 217 Å². The summed E-state index contributed by atoms with van der Waals surface area (Å²) in [6.07, 6.45) is 1.80. The van der Waals surface area contributed by atoms with Gasteiger partial charge in [0.15, 0.2) is 6.61 Å². The van der Waals surface area contributed by atoms with Crippen molar-refractivity contribution in [1.82, 2.24) is 5.32 Å². The maximum atomic E-state index is 12.5. The predicted octanol–water partition coefficient (Wildman–Crippen LogP) is 4.75. The molecule has 1 aliphatic rings. The first-order valence-electron chi connectivity index (χ1n) is 11.7. The van der Waals surface area contributed by atoms with E-state index < -0.39 is 17.5 Å². The molecule has 1 aromatic heterocycles. The number of hydrogen-bond acceptors (Lipinski definition) is 7. The Morgan fingerprint density at radius 3 is 2.67 bits per heavy atom. The van der Waals surface area contributed by atoms with Crippen molar-refractivity contribution >= 4 is 38.8 Å². The zero-order valence-corrected chi connectivity index (χ0v) is 22.0. The molecule has 190 valence electrons. The minimum atomic E-state index is -0.774. The zero-order chi connectivity index (χ0) is 25.9. The first-order valence-corrected chi connectivity index (χ1v) is 12.5. The molecule has 0 saturated carbocycles. The molecule has 1 unspecified atom stereocenters. The van der Waals surface area contributed by atoms with Crippen LogP contribution >= 0.6 is 15.9 Å². The van der Waals surface area contributed by atoms with Gasteiger partial charge in [0.2, 0.25) is 0 Å². The molecule has 1 saturated heterocycles. The van der Waals surface area contributed by atoms with Crippen LogP contribution < -0.4 is 20.4 Å². The van der Waals surface area contributed by atoms with E-state index in [4.69, 9.17) is 18.6 Å². The second-order valence-corrected chi connectivity index (χ2v) is 10.6. The molecule has 9 heteroatoms. The fraction of sp³-hybridized carbons (Fsp3) is 0.370. The fourth-order valence-electron chi connectivity index (χ4n) is 3.93. The second kappa shape index (κ2) is 10.8. The summed E-state index contributed by atoms with van der Waals surface area (Å²) in [5.41, 5.74) is 0.100. The van der Waals surface area contributed by atoms with Crippen LogP contribution in [0.15, 0.2) is 56.1 Å². The average molecular weight is 558 g/mol. The van der Waals surface area contributed by atoms with Crippen molar-refractivity contribution in [3.8, 4) is 11.5 Å². The van der Waals surface area contributed by atoms with Gasteiger partial charge in [-0.3, -0.25) is 4.79 Å². The van der Waals surface area contributed by atoms with Gasteiger partial charge in [-0.2, -0.15) is 0 Å². The van der Waals surface area contributed by atoms with Crippen LogP contribution in [0.25, 0.3) is 11.0 Å². The van der Waals surface area contributed by atoms with Gasteiger partial charge in [-0.05, 0) is 54.7 Å². The summed E-state index contributed by atoms with van der Waals surface area (Å²) in [5, 5.41) is 3.24. The molecule has 1 fully saturated rings. The molecule has 0 radical (unpaired) electrons. The molecule has 0 bridgehead atoms. The third kappa shape index (κ3) is 6.33. The fourth-order valence-corrected chi connectivity index (χ4v) is 4.29. The lowest BCUT2D eigenvalue weighted by Gasteiger charge is -2.23. The molecule has 0 spiro atoms. The largest absolute Gasteiger partial charge is 0.482 e. The van der Waals surface area contributed by atoms with Gasteiger partial charge in [0, 0.05) is 34.6 Å². The molecule has 1 N–H and O–H groups in total. The highest BCUT2D eigenvalue weighted by atomic mass is 79.9. The van der Waals surface area contributed by atoms with E-state index in [-0.39, 0.29) is 35.0 Å². The molecule has 3 aromatic rings. The number of fused-ring (bicyclic) bond motifs is 1. The predicted molar refractivity (Wildman–Crippen MR) is 138 cm³/mol. The summed E-state index contributed by atoms with van der Waals surface area (Å²) in [7, 11) is 0. The summed E-state index contributed by atoms with van der Waals surface area (Å²) in [6, 6.07) is 11.7. The SMILES string of the molecule is CC(C)(C)c1cc(Br)ccc1OCC(=O)Oc1ccc2cc(C(=O)NCC3CCCO3)c(=O)oc2c1. The van der Waals surface area contributed by atoms with Crippen LogP contribution in [0.1, 0.15) is 49.5 Å². The van der Waals surface area contributed by atoms with E-state index in [1.54, 1.807) is 18.2 Å². The van der Waals surface area contributed by atoms with Gasteiger partial charge in [-0.25, -0.2) is 9.59 Å². The molecular formula is C27H28BrNO7. The number of ether oxygens (including phenoxy) is 3. The number of halogens is 1. The van der Waals surface area contributed by atoms with Crippen molar-refractivity contribution in [2.75, 3.05) is 19.8 Å². The number of nitrogens with one attached hydrogen (secondary N) is 1. The van der Waals surface area contributed by atoms with Gasteiger partial charge in [-0.1, -0.05) is 36.7 Å². The Hall–Kier alpha value is -3.17. The minimum Gasteiger partial charge on any atom is -0.482 e. The lowest BCUT2D eigenvalue weighted by molar-refractivity contribution is -0.136. The molecular weight excluding hydrogens is 530 g/mol. The third-order valence-electron chi connectivity index (χ3n) is 5.79. The number of benzene rings is 2. The first kappa shape index (κ1) is 25.9. The maximum absolute atomic E-state index is 12.5. The zero-order valence-electron chi connectivity index (χ0n) is 20.4. The van der Waals surface area contributed by atoms with Crippen molar-refractivity contribution in [2.45, 2.75) is 45.1 Å². The standard InChI is InChI=1S/C27H28BrNO7/c1-27(2,3)21-12-17(28)7-9-22(21)34-15-24(30)35-18-8-6-16-11-20(26(32)36-23(16)13-18)25(31)29-14-19-5-4-10-33-19/h6-9,11-13,19H,4-5,10,14-15H2,1-3H3,(H,29,31). The van der Waals surface area contributed by atoms with E-state index in [2.05, 4.69) is 42.0 Å². The van der Waals surface area contributed by atoms with Crippen molar-refractivity contribution in [3.05, 3.63) is 68.5 Å². The average Bonchev–Trinajstić information content (AvgIpc) is 3.34. The number of amides is 1. The van der Waals surface area contributed by atoms with Crippen molar-refractivity contribution in [3.63, 3.8) is 0 Å². The molecule has 1 amide bonds. The Balaban J connectivity index is 1.41. The molecule has 0 aliphatic carbocycles. The molecule has 2 heterocycles. The number of carbonyl (C=O) groups excluding carboxylic acids is 2. The first-order chi connectivity index (χ1) is 17.1. The van der Waals surface area contributed by atoms with E-state index in [1.165, 1.54) is 12.1 Å². The Morgan fingerprint density at radius 1 is 1.14 bits per heavy atom. The molecule has 8 nitrogen and oxygen atoms in total. The Bertz CT molecular complexity index is 1340. The number of carbonyl (C=O) groups is 2. The Kier molecular flexibility index (Phi) is 7.80. The summed E-state index contributed by atoms with van der Waals surface area (Å²) in [5.74, 6) is -0.333. The van der Waals surface area contributed by atoms with Crippen LogP contribution in [-0.2, 0) is 14.9 Å². The monoisotopic (exact) mass is 557 g/mol. The van der Waals surface area contributed by atoms with Crippen LogP contribution in [0.4, 0.5) is 0 Å². The van der Waals surface area contributed by atoms with Gasteiger partial charge < -0.3 is 23.9 Å². The smallest absolute Gasteiger partial charge is 0.349 e. The summed E-state index contributed by atoms with van der Waals surface area (Å²) in [4.78, 5) is 37.3. The van der Waals surface area contributed by atoms with Crippen LogP contribution in [0.5, 0.6) is 11.5 Å². The molecule has 36 heavy (non-hydrogen) atoms. The Morgan fingerprint density at radius 2 is 1.94 bits per heavy atom. The highest BCUT2D eigenvalue weighted by Crippen LogP contribution is 2.33. The van der Waals surface area contributed by atoms with Crippen LogP contribution in [0.2, 0.25) is 0 Å². The van der Waals surface area contributed by atoms with Gasteiger partial charge in [-0.15, -0.1) is 0 Å². The second-order valence-electron chi connectivity index (χ2n) is 9.65. The summed E-state index contributed by atoms with van der Waals surface area (Å²) in [6.45, 7) is 6.90. The minimum absolute atomic E-state index is 0.0357. The van der Waals surface area contributed by atoms with Crippen molar-refractivity contribution < 1.29 is 28.2 Å². The van der Waals surface area contributed by atoms with E-state index >= 15 is 0 Å². The van der Waals surface area contributed by atoms with Gasteiger partial charge in [0.25, 0.3) is 5.91 Å². The highest BCUT2D eigenvalue weighted by Gasteiger charge is 2.21. The number of esters is 1. The summed E-state index contributed by atoms with van der Waals surface area (Å²) >= 11 is 3.47.